The molecule has 1 saturated heterocycles. The zero-order valence-corrected chi connectivity index (χ0v) is 10.2. The molecule has 1 aliphatic heterocycles. The normalized spacial score (nSPS) is 22.3. The summed E-state index contributed by atoms with van der Waals surface area (Å²) in [7, 11) is 0. The molecule has 0 aromatic heterocycles. The van der Waals surface area contributed by atoms with Gasteiger partial charge in [-0.25, -0.2) is 0 Å². The lowest BCUT2D eigenvalue weighted by Gasteiger charge is -2.17. The van der Waals surface area contributed by atoms with E-state index in [1.54, 1.807) is 0 Å². The van der Waals surface area contributed by atoms with Gasteiger partial charge in [-0.05, 0) is 45.2 Å². The fourth-order valence-electron chi connectivity index (χ4n) is 2.57. The molecule has 88 valence electrons. The van der Waals surface area contributed by atoms with Crippen molar-refractivity contribution in [1.82, 2.24) is 5.32 Å². The molecule has 2 atom stereocenters. The van der Waals surface area contributed by atoms with Crippen molar-refractivity contribution >= 4 is 0 Å². The van der Waals surface area contributed by atoms with Crippen molar-refractivity contribution < 1.29 is 5.11 Å². The number of benzene rings is 1. The number of nitrogens with one attached hydrogen (secondary N) is 1. The van der Waals surface area contributed by atoms with Crippen LogP contribution in [0.1, 0.15) is 42.1 Å². The van der Waals surface area contributed by atoms with Crippen LogP contribution in [0.5, 0.6) is 0 Å². The van der Waals surface area contributed by atoms with Gasteiger partial charge in [-0.1, -0.05) is 29.3 Å². The van der Waals surface area contributed by atoms with Gasteiger partial charge in [0.1, 0.15) is 0 Å². The molecule has 1 aliphatic rings. The van der Waals surface area contributed by atoms with Gasteiger partial charge in [0.2, 0.25) is 0 Å². The van der Waals surface area contributed by atoms with Crippen LogP contribution in [-0.4, -0.2) is 17.7 Å². The minimum Gasteiger partial charge on any atom is -0.388 e. The molecule has 0 spiro atoms. The summed E-state index contributed by atoms with van der Waals surface area (Å²) in [5, 5.41) is 13.6. The highest BCUT2D eigenvalue weighted by atomic mass is 16.3. The first-order chi connectivity index (χ1) is 7.65. The van der Waals surface area contributed by atoms with E-state index in [1.165, 1.54) is 24.0 Å². The first-order valence-electron chi connectivity index (χ1n) is 6.15. The minimum absolute atomic E-state index is 0.325. The second-order valence-electron chi connectivity index (χ2n) is 4.97. The van der Waals surface area contributed by atoms with Gasteiger partial charge in [-0.2, -0.15) is 0 Å². The van der Waals surface area contributed by atoms with Crippen molar-refractivity contribution in [3.05, 3.63) is 34.9 Å². The fourth-order valence-corrected chi connectivity index (χ4v) is 2.57. The quantitative estimate of drug-likeness (QED) is 0.818. The van der Waals surface area contributed by atoms with E-state index in [0.29, 0.717) is 6.04 Å². The van der Waals surface area contributed by atoms with Crippen molar-refractivity contribution in [2.24, 2.45) is 0 Å². The Morgan fingerprint density at radius 2 is 2.00 bits per heavy atom. The van der Waals surface area contributed by atoms with Crippen molar-refractivity contribution in [3.8, 4) is 0 Å². The van der Waals surface area contributed by atoms with Crippen LogP contribution in [0, 0.1) is 13.8 Å². The lowest BCUT2D eigenvalue weighted by Crippen LogP contribution is -2.23. The van der Waals surface area contributed by atoms with Gasteiger partial charge >= 0.3 is 0 Å². The van der Waals surface area contributed by atoms with Crippen LogP contribution < -0.4 is 5.32 Å². The van der Waals surface area contributed by atoms with Crippen LogP contribution >= 0.6 is 0 Å². The van der Waals surface area contributed by atoms with Crippen LogP contribution in [0.15, 0.2) is 18.2 Å². The van der Waals surface area contributed by atoms with Gasteiger partial charge in [0, 0.05) is 6.04 Å². The molecule has 2 heteroatoms. The second kappa shape index (κ2) is 4.98. The Bertz CT molecular complexity index is 336. The summed E-state index contributed by atoms with van der Waals surface area (Å²) < 4.78 is 0. The smallest absolute Gasteiger partial charge is 0.0805 e. The third kappa shape index (κ3) is 2.83. The van der Waals surface area contributed by atoms with E-state index >= 15 is 0 Å². The average Bonchev–Trinajstić information content (AvgIpc) is 2.68. The highest BCUT2D eigenvalue weighted by molar-refractivity contribution is 5.30. The fraction of sp³-hybridized carbons (Fsp3) is 0.571. The van der Waals surface area contributed by atoms with Crippen molar-refractivity contribution in [1.29, 1.82) is 0 Å². The van der Waals surface area contributed by atoms with Gasteiger partial charge in [-0.3, -0.25) is 0 Å². The number of aliphatic hydroxyl groups excluding tert-OH is 1. The van der Waals surface area contributed by atoms with E-state index in [4.69, 9.17) is 0 Å². The molecule has 0 saturated carbocycles. The Kier molecular flexibility index (Phi) is 3.62. The maximum absolute atomic E-state index is 10.2. The molecule has 2 nitrogen and oxygen atoms in total. The molecule has 1 aromatic rings. The first-order valence-corrected chi connectivity index (χ1v) is 6.15. The van der Waals surface area contributed by atoms with Gasteiger partial charge in [0.15, 0.2) is 0 Å². The standard InChI is InChI=1S/C14H21NO/c1-10-6-11(2)8-12(7-10)14(16)9-13-4-3-5-15-13/h6-8,13-16H,3-5,9H2,1-2H3. The maximum atomic E-state index is 10.2. The highest BCUT2D eigenvalue weighted by Gasteiger charge is 2.19. The Hall–Kier alpha value is -0.860. The lowest BCUT2D eigenvalue weighted by molar-refractivity contribution is 0.154. The molecule has 0 amide bonds. The third-order valence-corrected chi connectivity index (χ3v) is 3.30. The second-order valence-corrected chi connectivity index (χ2v) is 4.97. The predicted molar refractivity (Wildman–Crippen MR) is 66.5 cm³/mol. The molecule has 16 heavy (non-hydrogen) atoms. The first kappa shape index (κ1) is 11.6. The van der Waals surface area contributed by atoms with E-state index in [2.05, 4.69) is 37.4 Å². The minimum atomic E-state index is -0.325. The molecule has 1 fully saturated rings. The Balaban J connectivity index is 2.04. The lowest BCUT2D eigenvalue weighted by atomic mass is 9.98. The summed E-state index contributed by atoms with van der Waals surface area (Å²) in [6.07, 6.45) is 2.95. The van der Waals surface area contributed by atoms with E-state index in [9.17, 15) is 5.11 Å². The molecular formula is C14H21NO. The summed E-state index contributed by atoms with van der Waals surface area (Å²) >= 11 is 0. The molecule has 1 aromatic carbocycles. The van der Waals surface area contributed by atoms with E-state index in [0.717, 1.165) is 18.5 Å². The van der Waals surface area contributed by atoms with Crippen molar-refractivity contribution in [2.45, 2.75) is 45.3 Å². The van der Waals surface area contributed by atoms with Gasteiger partial charge in [0.05, 0.1) is 6.10 Å². The summed E-state index contributed by atoms with van der Waals surface area (Å²) in [6, 6.07) is 6.82. The summed E-state index contributed by atoms with van der Waals surface area (Å²) in [6.45, 7) is 5.26. The van der Waals surface area contributed by atoms with E-state index < -0.39 is 0 Å². The Labute approximate surface area is 97.7 Å². The highest BCUT2D eigenvalue weighted by Crippen LogP contribution is 2.23. The van der Waals surface area contributed by atoms with Gasteiger partial charge in [0.25, 0.3) is 0 Å². The third-order valence-electron chi connectivity index (χ3n) is 3.30. The maximum Gasteiger partial charge on any atom is 0.0805 e. The van der Waals surface area contributed by atoms with Crippen LogP contribution in [0.2, 0.25) is 0 Å². The summed E-state index contributed by atoms with van der Waals surface area (Å²) in [4.78, 5) is 0. The monoisotopic (exact) mass is 219 g/mol. The van der Waals surface area contributed by atoms with Gasteiger partial charge < -0.3 is 10.4 Å². The predicted octanol–water partition coefficient (Wildman–Crippen LogP) is 2.48. The molecule has 1 heterocycles. The molecule has 0 bridgehead atoms. The van der Waals surface area contributed by atoms with E-state index in [1.807, 2.05) is 0 Å². The zero-order valence-electron chi connectivity index (χ0n) is 10.2. The number of rotatable bonds is 3. The van der Waals surface area contributed by atoms with Crippen molar-refractivity contribution in [2.75, 3.05) is 6.54 Å². The summed E-state index contributed by atoms with van der Waals surface area (Å²) in [5.41, 5.74) is 3.52. The SMILES string of the molecule is Cc1cc(C)cc(C(O)CC2CCCN2)c1. The van der Waals surface area contributed by atoms with Crippen LogP contribution in [0.3, 0.4) is 0 Å². The van der Waals surface area contributed by atoms with Crippen LogP contribution in [0.25, 0.3) is 0 Å². The Morgan fingerprint density at radius 1 is 1.31 bits per heavy atom. The average molecular weight is 219 g/mol. The molecule has 0 radical (unpaired) electrons. The Morgan fingerprint density at radius 3 is 2.56 bits per heavy atom. The largest absolute Gasteiger partial charge is 0.388 e. The number of aliphatic hydroxyl groups is 1. The van der Waals surface area contributed by atoms with Gasteiger partial charge in [-0.15, -0.1) is 0 Å². The topological polar surface area (TPSA) is 32.3 Å². The van der Waals surface area contributed by atoms with Crippen LogP contribution in [-0.2, 0) is 0 Å². The number of aryl methyl sites for hydroxylation is 2. The van der Waals surface area contributed by atoms with E-state index in [-0.39, 0.29) is 6.10 Å². The molecule has 2 rings (SSSR count). The zero-order chi connectivity index (χ0) is 11.5. The van der Waals surface area contributed by atoms with Crippen molar-refractivity contribution in [3.63, 3.8) is 0 Å². The number of hydrogen-bond donors (Lipinski definition) is 2. The summed E-state index contributed by atoms with van der Waals surface area (Å²) in [5.74, 6) is 0. The molecule has 2 N–H and O–H groups in total. The molecule has 2 unspecified atom stereocenters. The van der Waals surface area contributed by atoms with Crippen LogP contribution in [0.4, 0.5) is 0 Å². The number of hydrogen-bond acceptors (Lipinski definition) is 2. The molecular weight excluding hydrogens is 198 g/mol. The molecule has 0 aliphatic carbocycles.